The van der Waals surface area contributed by atoms with E-state index in [1.807, 2.05) is 0 Å². The molecule has 2 aromatic carbocycles. The third kappa shape index (κ3) is 4.28. The molecule has 0 aromatic heterocycles. The molecular formula is C19H20F2O2S. The molecule has 24 heavy (non-hydrogen) atoms. The fourth-order valence-electron chi connectivity index (χ4n) is 3.01. The summed E-state index contributed by atoms with van der Waals surface area (Å²) >= 11 is 0. The van der Waals surface area contributed by atoms with Crippen molar-refractivity contribution in [1.82, 2.24) is 0 Å². The van der Waals surface area contributed by atoms with Crippen molar-refractivity contribution in [1.29, 1.82) is 0 Å². The first-order valence-electron chi connectivity index (χ1n) is 8.09. The van der Waals surface area contributed by atoms with Gasteiger partial charge in [0.15, 0.2) is 0 Å². The molecule has 1 atom stereocenters. The van der Waals surface area contributed by atoms with Crippen molar-refractivity contribution >= 4 is 10.8 Å². The summed E-state index contributed by atoms with van der Waals surface area (Å²) in [5.74, 6) is 0.282. The lowest BCUT2D eigenvalue weighted by Gasteiger charge is -2.25. The minimum atomic E-state index is -1.17. The molecule has 1 fully saturated rings. The van der Waals surface area contributed by atoms with Gasteiger partial charge < -0.3 is 4.74 Å². The van der Waals surface area contributed by atoms with Gasteiger partial charge in [0, 0.05) is 29.8 Å². The maximum atomic E-state index is 13.2. The zero-order chi connectivity index (χ0) is 16.9. The Morgan fingerprint density at radius 2 is 1.38 bits per heavy atom. The van der Waals surface area contributed by atoms with E-state index >= 15 is 0 Å². The van der Waals surface area contributed by atoms with Gasteiger partial charge in [-0.1, -0.05) is 24.3 Å². The van der Waals surface area contributed by atoms with Gasteiger partial charge in [0.2, 0.25) is 0 Å². The zero-order valence-electron chi connectivity index (χ0n) is 13.3. The van der Waals surface area contributed by atoms with Gasteiger partial charge in [-0.2, -0.15) is 0 Å². The first-order chi connectivity index (χ1) is 11.6. The van der Waals surface area contributed by atoms with Gasteiger partial charge in [0.05, 0.1) is 5.25 Å². The standard InChI is InChI=1S/C19H20F2O2S/c20-17-5-1-15(2-6-17)19(16-3-7-18(21)8-4-16)24(22)13-14-9-11-23-12-10-14/h1-8,14,19H,9-13H2. The number of benzene rings is 2. The lowest BCUT2D eigenvalue weighted by Crippen LogP contribution is -2.23. The first-order valence-corrected chi connectivity index (χ1v) is 9.47. The van der Waals surface area contributed by atoms with E-state index in [9.17, 15) is 13.0 Å². The van der Waals surface area contributed by atoms with E-state index in [4.69, 9.17) is 4.74 Å². The summed E-state index contributed by atoms with van der Waals surface area (Å²) in [6, 6.07) is 12.1. The van der Waals surface area contributed by atoms with Crippen LogP contribution in [0.5, 0.6) is 0 Å². The third-order valence-electron chi connectivity index (χ3n) is 4.35. The molecule has 2 aromatic rings. The van der Waals surface area contributed by atoms with Crippen molar-refractivity contribution in [2.45, 2.75) is 18.1 Å². The zero-order valence-corrected chi connectivity index (χ0v) is 14.1. The second-order valence-electron chi connectivity index (χ2n) is 6.09. The molecule has 3 rings (SSSR count). The second-order valence-corrected chi connectivity index (χ2v) is 7.65. The smallest absolute Gasteiger partial charge is 0.123 e. The summed E-state index contributed by atoms with van der Waals surface area (Å²) in [7, 11) is -1.17. The number of hydrogen-bond acceptors (Lipinski definition) is 2. The molecular weight excluding hydrogens is 330 g/mol. The van der Waals surface area contributed by atoms with Crippen LogP contribution >= 0.6 is 0 Å². The molecule has 0 amide bonds. The van der Waals surface area contributed by atoms with Gasteiger partial charge in [-0.15, -0.1) is 0 Å². The topological polar surface area (TPSA) is 26.3 Å². The predicted molar refractivity (Wildman–Crippen MR) is 91.2 cm³/mol. The minimum absolute atomic E-state index is 0.327. The largest absolute Gasteiger partial charge is 0.381 e. The number of hydrogen-bond donors (Lipinski definition) is 0. The van der Waals surface area contributed by atoms with Crippen LogP contribution in [0, 0.1) is 17.6 Å². The molecule has 1 unspecified atom stereocenters. The number of rotatable bonds is 5. The average Bonchev–Trinajstić information content (AvgIpc) is 2.59. The fraction of sp³-hybridized carbons (Fsp3) is 0.368. The lowest BCUT2D eigenvalue weighted by molar-refractivity contribution is 0.0725. The monoisotopic (exact) mass is 350 g/mol. The highest BCUT2D eigenvalue weighted by Crippen LogP contribution is 2.31. The SMILES string of the molecule is O=S(CC1CCOCC1)C(c1ccc(F)cc1)c1ccc(F)cc1. The molecule has 0 saturated carbocycles. The molecule has 1 saturated heterocycles. The van der Waals surface area contributed by atoms with Crippen molar-refractivity contribution in [3.63, 3.8) is 0 Å². The Balaban J connectivity index is 1.87. The number of halogens is 2. The van der Waals surface area contributed by atoms with Gasteiger partial charge >= 0.3 is 0 Å². The Morgan fingerprint density at radius 1 is 0.917 bits per heavy atom. The summed E-state index contributed by atoms with van der Waals surface area (Å²) in [6.07, 6.45) is 1.82. The summed E-state index contributed by atoms with van der Waals surface area (Å²) in [5.41, 5.74) is 1.57. The molecule has 2 nitrogen and oxygen atoms in total. The van der Waals surface area contributed by atoms with Crippen LogP contribution in [0.1, 0.15) is 29.2 Å². The highest BCUT2D eigenvalue weighted by molar-refractivity contribution is 7.85. The summed E-state index contributed by atoms with van der Waals surface area (Å²) in [4.78, 5) is 0. The predicted octanol–water partition coefficient (Wildman–Crippen LogP) is 4.23. The van der Waals surface area contributed by atoms with E-state index in [2.05, 4.69) is 0 Å². The van der Waals surface area contributed by atoms with Crippen LogP contribution in [0.15, 0.2) is 48.5 Å². The van der Waals surface area contributed by atoms with E-state index in [1.165, 1.54) is 24.3 Å². The quantitative estimate of drug-likeness (QED) is 0.807. The Hall–Kier alpha value is -1.59. The highest BCUT2D eigenvalue weighted by atomic mass is 32.2. The summed E-state index contributed by atoms with van der Waals surface area (Å²) < 4.78 is 44.9. The van der Waals surface area contributed by atoms with Crippen LogP contribution in [0.3, 0.4) is 0 Å². The van der Waals surface area contributed by atoms with Crippen LogP contribution in [0.25, 0.3) is 0 Å². The molecule has 0 bridgehead atoms. The molecule has 0 radical (unpaired) electrons. The Labute approximate surface area is 143 Å². The van der Waals surface area contributed by atoms with Crippen LogP contribution in [0.2, 0.25) is 0 Å². The van der Waals surface area contributed by atoms with Gasteiger partial charge in [-0.3, -0.25) is 4.21 Å². The van der Waals surface area contributed by atoms with E-state index in [-0.39, 0.29) is 16.9 Å². The Morgan fingerprint density at radius 3 is 1.83 bits per heavy atom. The molecule has 0 aliphatic carbocycles. The molecule has 0 spiro atoms. The van der Waals surface area contributed by atoms with Crippen LogP contribution in [-0.2, 0) is 15.5 Å². The van der Waals surface area contributed by atoms with Crippen LogP contribution in [-0.4, -0.2) is 23.2 Å². The maximum absolute atomic E-state index is 13.2. The average molecular weight is 350 g/mol. The molecule has 1 aliphatic heterocycles. The van der Waals surface area contributed by atoms with Crippen molar-refractivity contribution in [3.05, 3.63) is 71.3 Å². The first kappa shape index (κ1) is 17.2. The van der Waals surface area contributed by atoms with Gasteiger partial charge in [0.1, 0.15) is 11.6 Å². The van der Waals surface area contributed by atoms with Gasteiger partial charge in [-0.05, 0) is 54.2 Å². The van der Waals surface area contributed by atoms with Gasteiger partial charge in [0.25, 0.3) is 0 Å². The maximum Gasteiger partial charge on any atom is 0.123 e. The summed E-state index contributed by atoms with van der Waals surface area (Å²) in [6.45, 7) is 1.42. The van der Waals surface area contributed by atoms with Crippen molar-refractivity contribution < 1.29 is 17.7 Å². The van der Waals surface area contributed by atoms with E-state index < -0.39 is 10.8 Å². The van der Waals surface area contributed by atoms with Crippen molar-refractivity contribution in [2.24, 2.45) is 5.92 Å². The molecule has 128 valence electrons. The van der Waals surface area contributed by atoms with Crippen LogP contribution in [0.4, 0.5) is 8.78 Å². The van der Waals surface area contributed by atoms with Crippen molar-refractivity contribution in [3.8, 4) is 0 Å². The van der Waals surface area contributed by atoms with E-state index in [0.29, 0.717) is 24.9 Å². The minimum Gasteiger partial charge on any atom is -0.381 e. The van der Waals surface area contributed by atoms with Gasteiger partial charge in [-0.25, -0.2) is 8.78 Å². The fourth-order valence-corrected chi connectivity index (χ4v) is 4.92. The second kappa shape index (κ2) is 7.99. The molecule has 1 heterocycles. The molecule has 5 heteroatoms. The molecule has 1 aliphatic rings. The Bertz CT molecular complexity index is 634. The van der Waals surface area contributed by atoms with Crippen LogP contribution < -0.4 is 0 Å². The Kier molecular flexibility index (Phi) is 5.74. The number of ether oxygens (including phenoxy) is 1. The molecule has 0 N–H and O–H groups in total. The highest BCUT2D eigenvalue weighted by Gasteiger charge is 2.25. The van der Waals surface area contributed by atoms with E-state index in [0.717, 1.165) is 24.0 Å². The van der Waals surface area contributed by atoms with E-state index in [1.54, 1.807) is 24.3 Å². The normalized spacial score (nSPS) is 17.1. The van der Waals surface area contributed by atoms with Crippen molar-refractivity contribution in [2.75, 3.05) is 19.0 Å². The third-order valence-corrected chi connectivity index (χ3v) is 6.22. The lowest BCUT2D eigenvalue weighted by atomic mass is 10.0. The summed E-state index contributed by atoms with van der Waals surface area (Å²) in [5, 5.41) is -0.381.